The normalized spacial score (nSPS) is 15.1. The molecule has 1 fully saturated rings. The summed E-state index contributed by atoms with van der Waals surface area (Å²) in [6.07, 6.45) is 3.26. The van der Waals surface area contributed by atoms with Gasteiger partial charge in [0.1, 0.15) is 0 Å². The molecule has 0 bridgehead atoms. The number of carboxylic acid groups (broad SMARTS) is 1. The Kier molecular flexibility index (Phi) is 2.04. The van der Waals surface area contributed by atoms with E-state index in [-0.39, 0.29) is 17.4 Å². The van der Waals surface area contributed by atoms with E-state index in [1.54, 1.807) is 18.2 Å². The van der Waals surface area contributed by atoms with E-state index in [9.17, 15) is 9.59 Å². The summed E-state index contributed by atoms with van der Waals surface area (Å²) in [5.74, 6) is -0.912. The lowest BCUT2D eigenvalue weighted by atomic mass is 10.2. The van der Waals surface area contributed by atoms with Gasteiger partial charge >= 0.3 is 5.97 Å². The lowest BCUT2D eigenvalue weighted by molar-refractivity contribution is 0.0699. The van der Waals surface area contributed by atoms with Crippen molar-refractivity contribution in [3.63, 3.8) is 0 Å². The van der Waals surface area contributed by atoms with Gasteiger partial charge in [-0.05, 0) is 18.9 Å². The first kappa shape index (κ1) is 10.1. The molecule has 4 heteroatoms. The summed E-state index contributed by atoms with van der Waals surface area (Å²) in [5, 5.41) is 9.73. The minimum Gasteiger partial charge on any atom is -0.478 e. The van der Waals surface area contributed by atoms with Crippen LogP contribution in [0.2, 0.25) is 0 Å². The van der Waals surface area contributed by atoms with Gasteiger partial charge in [0.25, 0.3) is 0 Å². The fourth-order valence-electron chi connectivity index (χ4n) is 2.06. The third-order valence-electron chi connectivity index (χ3n) is 3.11. The topological polar surface area (TPSA) is 59.3 Å². The summed E-state index contributed by atoms with van der Waals surface area (Å²) < 4.78 is 1.48. The smallest absolute Gasteiger partial charge is 0.337 e. The van der Waals surface area contributed by atoms with Gasteiger partial charge in [-0.25, -0.2) is 4.79 Å². The Hall–Kier alpha value is -2.10. The van der Waals surface area contributed by atoms with Crippen LogP contribution < -0.4 is 0 Å². The number of carbonyl (C=O) groups excluding carboxylic acids is 1. The minimum absolute atomic E-state index is 0.00806. The number of nitrogens with zero attached hydrogens (tertiary/aromatic N) is 1. The van der Waals surface area contributed by atoms with Crippen molar-refractivity contribution in [2.24, 2.45) is 5.92 Å². The van der Waals surface area contributed by atoms with Crippen LogP contribution in [0.25, 0.3) is 10.9 Å². The van der Waals surface area contributed by atoms with Crippen molar-refractivity contribution in [3.05, 3.63) is 36.0 Å². The van der Waals surface area contributed by atoms with Crippen molar-refractivity contribution in [2.75, 3.05) is 0 Å². The van der Waals surface area contributed by atoms with E-state index in [4.69, 9.17) is 5.11 Å². The van der Waals surface area contributed by atoms with E-state index in [0.717, 1.165) is 12.8 Å². The highest BCUT2D eigenvalue weighted by Crippen LogP contribution is 2.32. The van der Waals surface area contributed by atoms with E-state index >= 15 is 0 Å². The van der Waals surface area contributed by atoms with Crippen LogP contribution in [0.5, 0.6) is 0 Å². The number of fused-ring (bicyclic) bond motifs is 1. The summed E-state index contributed by atoms with van der Waals surface area (Å²) in [6, 6.07) is 7.10. The Morgan fingerprint density at radius 1 is 1.24 bits per heavy atom. The molecule has 86 valence electrons. The van der Waals surface area contributed by atoms with Crippen molar-refractivity contribution < 1.29 is 14.7 Å². The van der Waals surface area contributed by atoms with Crippen LogP contribution in [0.1, 0.15) is 28.0 Å². The van der Waals surface area contributed by atoms with Crippen molar-refractivity contribution >= 4 is 22.8 Å². The molecule has 0 aliphatic heterocycles. The first-order valence-electron chi connectivity index (χ1n) is 5.56. The maximum atomic E-state index is 12.0. The Balaban J connectivity index is 2.24. The Morgan fingerprint density at radius 3 is 2.59 bits per heavy atom. The van der Waals surface area contributed by atoms with E-state index in [2.05, 4.69) is 0 Å². The SMILES string of the molecule is O=C(O)c1cn(C(=O)C2CC2)c2ccccc12. The Morgan fingerprint density at radius 2 is 1.94 bits per heavy atom. The zero-order valence-electron chi connectivity index (χ0n) is 9.09. The van der Waals surface area contributed by atoms with Crippen LogP contribution in [0, 0.1) is 5.92 Å². The van der Waals surface area contributed by atoms with Crippen LogP contribution in [0.3, 0.4) is 0 Å². The van der Waals surface area contributed by atoms with Gasteiger partial charge in [-0.15, -0.1) is 0 Å². The van der Waals surface area contributed by atoms with Crippen LogP contribution in [-0.2, 0) is 0 Å². The average Bonchev–Trinajstić information content (AvgIpc) is 3.08. The quantitative estimate of drug-likeness (QED) is 0.860. The molecule has 3 rings (SSSR count). The fraction of sp³-hybridized carbons (Fsp3) is 0.231. The fourth-order valence-corrected chi connectivity index (χ4v) is 2.06. The van der Waals surface area contributed by atoms with Crippen LogP contribution >= 0.6 is 0 Å². The summed E-state index contributed by atoms with van der Waals surface area (Å²) in [5.41, 5.74) is 0.872. The summed E-state index contributed by atoms with van der Waals surface area (Å²) in [6.45, 7) is 0. The molecule has 0 saturated heterocycles. The number of carboxylic acids is 1. The number of carbonyl (C=O) groups is 2. The van der Waals surface area contributed by atoms with Crippen LogP contribution in [-0.4, -0.2) is 21.6 Å². The molecule has 1 aliphatic rings. The molecule has 4 nitrogen and oxygen atoms in total. The molecular weight excluding hydrogens is 218 g/mol. The van der Waals surface area contributed by atoms with Crippen molar-refractivity contribution in [3.8, 4) is 0 Å². The maximum absolute atomic E-state index is 12.0. The molecule has 1 saturated carbocycles. The molecule has 0 spiro atoms. The predicted molar refractivity (Wildman–Crippen MR) is 62.2 cm³/mol. The number of para-hydroxylation sites is 1. The van der Waals surface area contributed by atoms with Gasteiger partial charge in [0.05, 0.1) is 11.1 Å². The second kappa shape index (κ2) is 3.45. The molecular formula is C13H11NO3. The van der Waals surface area contributed by atoms with Crippen molar-refractivity contribution in [1.82, 2.24) is 4.57 Å². The first-order valence-corrected chi connectivity index (χ1v) is 5.56. The number of rotatable bonds is 2. The number of benzene rings is 1. The molecule has 17 heavy (non-hydrogen) atoms. The molecule has 0 atom stereocenters. The number of hydrogen-bond acceptors (Lipinski definition) is 2. The predicted octanol–water partition coefficient (Wildman–Crippen LogP) is 2.39. The van der Waals surface area contributed by atoms with Gasteiger partial charge in [-0.1, -0.05) is 18.2 Å². The lowest BCUT2D eigenvalue weighted by Gasteiger charge is -2.01. The first-order chi connectivity index (χ1) is 8.18. The molecule has 2 aromatic rings. The maximum Gasteiger partial charge on any atom is 0.337 e. The Bertz CT molecular complexity index is 623. The van der Waals surface area contributed by atoms with Crippen LogP contribution in [0.4, 0.5) is 0 Å². The zero-order chi connectivity index (χ0) is 12.0. The molecule has 0 unspecified atom stereocenters. The second-order valence-corrected chi connectivity index (χ2v) is 4.35. The molecule has 0 amide bonds. The summed E-state index contributed by atoms with van der Waals surface area (Å²) >= 11 is 0. The van der Waals surface area contributed by atoms with Crippen molar-refractivity contribution in [1.29, 1.82) is 0 Å². The van der Waals surface area contributed by atoms with Gasteiger partial charge in [-0.2, -0.15) is 0 Å². The zero-order valence-corrected chi connectivity index (χ0v) is 9.09. The number of aromatic carboxylic acids is 1. The highest BCUT2D eigenvalue weighted by molar-refractivity contribution is 6.07. The molecule has 1 aliphatic carbocycles. The number of hydrogen-bond donors (Lipinski definition) is 1. The third kappa shape index (κ3) is 1.53. The summed E-state index contributed by atoms with van der Waals surface area (Å²) in [4.78, 5) is 23.1. The monoisotopic (exact) mass is 229 g/mol. The number of aromatic nitrogens is 1. The standard InChI is InChI=1S/C13H11NO3/c15-12(8-5-6-8)14-7-10(13(16)17)9-3-1-2-4-11(9)14/h1-4,7-8H,5-6H2,(H,16,17). The van der Waals surface area contributed by atoms with Gasteiger partial charge in [0.15, 0.2) is 0 Å². The second-order valence-electron chi connectivity index (χ2n) is 4.35. The average molecular weight is 229 g/mol. The van der Waals surface area contributed by atoms with E-state index < -0.39 is 5.97 Å². The Labute approximate surface area is 97.5 Å². The third-order valence-corrected chi connectivity index (χ3v) is 3.11. The highest BCUT2D eigenvalue weighted by atomic mass is 16.4. The van der Waals surface area contributed by atoms with Crippen LogP contribution in [0.15, 0.2) is 30.5 Å². The van der Waals surface area contributed by atoms with Gasteiger partial charge < -0.3 is 5.11 Å². The molecule has 0 radical (unpaired) electrons. The van der Waals surface area contributed by atoms with E-state index in [1.165, 1.54) is 10.8 Å². The van der Waals surface area contributed by atoms with E-state index in [1.807, 2.05) is 6.07 Å². The largest absolute Gasteiger partial charge is 0.478 e. The molecule has 1 heterocycles. The highest BCUT2D eigenvalue weighted by Gasteiger charge is 2.32. The molecule has 1 aromatic carbocycles. The van der Waals surface area contributed by atoms with E-state index in [0.29, 0.717) is 10.9 Å². The van der Waals surface area contributed by atoms with Gasteiger partial charge in [-0.3, -0.25) is 9.36 Å². The van der Waals surface area contributed by atoms with Gasteiger partial charge in [0.2, 0.25) is 5.91 Å². The minimum atomic E-state index is -0.997. The van der Waals surface area contributed by atoms with Gasteiger partial charge in [0, 0.05) is 17.5 Å². The van der Waals surface area contributed by atoms with Crippen molar-refractivity contribution in [2.45, 2.75) is 12.8 Å². The molecule has 1 N–H and O–H groups in total. The lowest BCUT2D eigenvalue weighted by Crippen LogP contribution is -2.11. The summed E-state index contributed by atoms with van der Waals surface area (Å²) in [7, 11) is 0. The molecule has 1 aromatic heterocycles.